The molecule has 0 atom stereocenters. The average Bonchev–Trinajstić information content (AvgIpc) is 2.39. The van der Waals surface area contributed by atoms with Crippen molar-refractivity contribution in [1.29, 1.82) is 0 Å². The van der Waals surface area contributed by atoms with Gasteiger partial charge in [0.2, 0.25) is 5.82 Å². The highest BCUT2D eigenvalue weighted by Gasteiger charge is 2.15. The Morgan fingerprint density at radius 2 is 1.95 bits per heavy atom. The predicted molar refractivity (Wildman–Crippen MR) is 74.9 cm³/mol. The molecule has 0 aliphatic carbocycles. The van der Waals surface area contributed by atoms with E-state index in [0.717, 1.165) is 11.4 Å². The number of aromatic nitrogens is 1. The number of benzene rings is 1. The third-order valence-corrected chi connectivity index (χ3v) is 2.62. The fourth-order valence-corrected chi connectivity index (χ4v) is 1.74. The third kappa shape index (κ3) is 2.79. The van der Waals surface area contributed by atoms with Crippen LogP contribution in [0.3, 0.4) is 0 Å². The summed E-state index contributed by atoms with van der Waals surface area (Å²) in [4.78, 5) is 16.4. The van der Waals surface area contributed by atoms with Crippen molar-refractivity contribution in [2.45, 2.75) is 0 Å². The van der Waals surface area contributed by atoms with E-state index in [0.29, 0.717) is 0 Å². The van der Waals surface area contributed by atoms with E-state index >= 15 is 0 Å². The predicted octanol–water partition coefficient (Wildman–Crippen LogP) is 2.80. The monoisotopic (exact) mass is 258 g/mol. The molecule has 0 unspecified atom stereocenters. The van der Waals surface area contributed by atoms with Crippen molar-refractivity contribution in [3.8, 4) is 0 Å². The van der Waals surface area contributed by atoms with Gasteiger partial charge in [-0.05, 0) is 18.2 Å². The van der Waals surface area contributed by atoms with Gasteiger partial charge in [-0.15, -0.1) is 0 Å². The molecule has 98 valence electrons. The van der Waals surface area contributed by atoms with Crippen LogP contribution in [0.2, 0.25) is 0 Å². The topological polar surface area (TPSA) is 71.3 Å². The van der Waals surface area contributed by atoms with Gasteiger partial charge in [-0.2, -0.15) is 0 Å². The molecule has 1 heterocycles. The molecule has 2 aromatic rings. The number of pyridine rings is 1. The Hall–Kier alpha value is -2.63. The van der Waals surface area contributed by atoms with Gasteiger partial charge in [0.15, 0.2) is 0 Å². The molecule has 0 bridgehead atoms. The lowest BCUT2D eigenvalue weighted by molar-refractivity contribution is -0.384. The zero-order valence-electron chi connectivity index (χ0n) is 10.7. The van der Waals surface area contributed by atoms with Gasteiger partial charge < -0.3 is 10.2 Å². The number of anilines is 3. The van der Waals surface area contributed by atoms with Crippen molar-refractivity contribution in [1.82, 2.24) is 4.98 Å². The minimum Gasteiger partial charge on any atom is -0.376 e. The molecule has 6 heteroatoms. The van der Waals surface area contributed by atoms with Crippen LogP contribution >= 0.6 is 0 Å². The zero-order chi connectivity index (χ0) is 13.8. The van der Waals surface area contributed by atoms with E-state index in [9.17, 15) is 10.1 Å². The molecule has 0 amide bonds. The zero-order valence-corrected chi connectivity index (χ0v) is 10.7. The largest absolute Gasteiger partial charge is 0.376 e. The Bertz CT molecular complexity index is 599. The molecule has 1 aromatic carbocycles. The summed E-state index contributed by atoms with van der Waals surface area (Å²) in [6.07, 6.45) is 1.52. The first-order chi connectivity index (χ1) is 9.09. The Morgan fingerprint density at radius 1 is 1.21 bits per heavy atom. The van der Waals surface area contributed by atoms with E-state index in [4.69, 9.17) is 0 Å². The normalized spacial score (nSPS) is 10.0. The van der Waals surface area contributed by atoms with Crippen molar-refractivity contribution in [2.24, 2.45) is 0 Å². The Morgan fingerprint density at radius 3 is 2.63 bits per heavy atom. The van der Waals surface area contributed by atoms with Crippen LogP contribution in [-0.2, 0) is 0 Å². The number of hydrogen-bond acceptors (Lipinski definition) is 5. The first-order valence-electron chi connectivity index (χ1n) is 5.72. The highest BCUT2D eigenvalue weighted by molar-refractivity contribution is 5.76. The van der Waals surface area contributed by atoms with Gasteiger partial charge in [-0.25, -0.2) is 4.98 Å². The van der Waals surface area contributed by atoms with Crippen molar-refractivity contribution in [3.63, 3.8) is 0 Å². The minimum atomic E-state index is -0.451. The molecule has 0 fully saturated rings. The molecule has 2 rings (SSSR count). The van der Waals surface area contributed by atoms with Crippen LogP contribution in [0.4, 0.5) is 22.9 Å². The summed E-state index contributed by atoms with van der Waals surface area (Å²) in [5.41, 5.74) is 1.66. The molecule has 0 spiro atoms. The van der Waals surface area contributed by atoms with Gasteiger partial charge in [0.25, 0.3) is 0 Å². The van der Waals surface area contributed by atoms with E-state index in [-0.39, 0.29) is 11.5 Å². The van der Waals surface area contributed by atoms with Crippen LogP contribution in [0.25, 0.3) is 0 Å². The number of hydrogen-bond donors (Lipinski definition) is 1. The van der Waals surface area contributed by atoms with E-state index < -0.39 is 4.92 Å². The van der Waals surface area contributed by atoms with Crippen molar-refractivity contribution in [2.75, 3.05) is 24.3 Å². The summed E-state index contributed by atoms with van der Waals surface area (Å²) >= 11 is 0. The summed E-state index contributed by atoms with van der Waals surface area (Å²) in [5, 5.41) is 14.0. The van der Waals surface area contributed by atoms with E-state index in [1.54, 1.807) is 6.07 Å². The SMILES string of the molecule is CN(C)c1ccccc1Nc1ncccc1[N+](=O)[O-]. The molecule has 0 aliphatic rings. The lowest BCUT2D eigenvalue weighted by Gasteiger charge is -2.17. The summed E-state index contributed by atoms with van der Waals surface area (Å²) in [6, 6.07) is 10.5. The average molecular weight is 258 g/mol. The van der Waals surface area contributed by atoms with Crippen LogP contribution in [0, 0.1) is 10.1 Å². The number of rotatable bonds is 4. The highest BCUT2D eigenvalue weighted by atomic mass is 16.6. The third-order valence-electron chi connectivity index (χ3n) is 2.62. The first kappa shape index (κ1) is 12.8. The molecule has 6 nitrogen and oxygen atoms in total. The number of para-hydroxylation sites is 2. The maximum absolute atomic E-state index is 10.9. The molecular weight excluding hydrogens is 244 g/mol. The fraction of sp³-hybridized carbons (Fsp3) is 0.154. The van der Waals surface area contributed by atoms with Crippen LogP contribution in [0.5, 0.6) is 0 Å². The molecule has 1 N–H and O–H groups in total. The minimum absolute atomic E-state index is 0.0453. The Labute approximate surface area is 110 Å². The van der Waals surface area contributed by atoms with Crippen LogP contribution in [0.15, 0.2) is 42.6 Å². The molecule has 0 saturated heterocycles. The maximum Gasteiger partial charge on any atom is 0.311 e. The molecule has 0 saturated carbocycles. The second kappa shape index (κ2) is 5.34. The van der Waals surface area contributed by atoms with Gasteiger partial charge in [-0.3, -0.25) is 10.1 Å². The maximum atomic E-state index is 10.9. The summed E-state index contributed by atoms with van der Waals surface area (Å²) < 4.78 is 0. The van der Waals surface area contributed by atoms with Gasteiger partial charge >= 0.3 is 5.69 Å². The van der Waals surface area contributed by atoms with Crippen molar-refractivity contribution >= 4 is 22.9 Å². The quantitative estimate of drug-likeness (QED) is 0.674. The standard InChI is InChI=1S/C13H14N4O2/c1-16(2)11-7-4-3-6-10(11)15-13-12(17(18)19)8-5-9-14-13/h3-9H,1-2H3,(H,14,15). The van der Waals surface area contributed by atoms with Crippen LogP contribution < -0.4 is 10.2 Å². The van der Waals surface area contributed by atoms with Gasteiger partial charge in [-0.1, -0.05) is 12.1 Å². The number of nitrogens with one attached hydrogen (secondary N) is 1. The van der Waals surface area contributed by atoms with Gasteiger partial charge in [0.1, 0.15) is 0 Å². The van der Waals surface area contributed by atoms with E-state index in [1.807, 2.05) is 43.3 Å². The van der Waals surface area contributed by atoms with E-state index in [1.165, 1.54) is 12.3 Å². The van der Waals surface area contributed by atoms with Gasteiger partial charge in [0, 0.05) is 26.4 Å². The lowest BCUT2D eigenvalue weighted by Crippen LogP contribution is -2.11. The number of nitrogens with zero attached hydrogens (tertiary/aromatic N) is 3. The van der Waals surface area contributed by atoms with Gasteiger partial charge in [0.05, 0.1) is 16.3 Å². The Balaban J connectivity index is 2.39. The molecule has 1 aromatic heterocycles. The summed E-state index contributed by atoms with van der Waals surface area (Å²) in [7, 11) is 3.82. The second-order valence-electron chi connectivity index (χ2n) is 4.16. The highest BCUT2D eigenvalue weighted by Crippen LogP contribution is 2.30. The molecule has 19 heavy (non-hydrogen) atoms. The lowest BCUT2D eigenvalue weighted by atomic mass is 10.2. The molecule has 0 aliphatic heterocycles. The summed E-state index contributed by atoms with van der Waals surface area (Å²) in [6.45, 7) is 0. The second-order valence-corrected chi connectivity index (χ2v) is 4.16. The van der Waals surface area contributed by atoms with E-state index in [2.05, 4.69) is 10.3 Å². The van der Waals surface area contributed by atoms with Crippen molar-refractivity contribution in [3.05, 3.63) is 52.7 Å². The summed E-state index contributed by atoms with van der Waals surface area (Å²) in [5.74, 6) is 0.238. The Kier molecular flexibility index (Phi) is 3.61. The van der Waals surface area contributed by atoms with Crippen LogP contribution in [0.1, 0.15) is 0 Å². The smallest absolute Gasteiger partial charge is 0.311 e. The molecule has 0 radical (unpaired) electrons. The first-order valence-corrected chi connectivity index (χ1v) is 5.72. The molecular formula is C13H14N4O2. The van der Waals surface area contributed by atoms with Crippen LogP contribution in [-0.4, -0.2) is 24.0 Å². The van der Waals surface area contributed by atoms with Crippen molar-refractivity contribution < 1.29 is 4.92 Å². The number of nitro groups is 1. The fourth-order valence-electron chi connectivity index (χ4n) is 1.74.